The van der Waals surface area contributed by atoms with Gasteiger partial charge in [0.15, 0.2) is 11.5 Å². The predicted octanol–water partition coefficient (Wildman–Crippen LogP) is 2.15. The van der Waals surface area contributed by atoms with Crippen LogP contribution in [0.3, 0.4) is 0 Å². The number of ether oxygens (including phenoxy) is 3. The molecule has 2 rings (SSSR count). The van der Waals surface area contributed by atoms with Crippen molar-refractivity contribution in [1.29, 1.82) is 0 Å². The lowest BCUT2D eigenvalue weighted by Crippen LogP contribution is -2.29. The summed E-state index contributed by atoms with van der Waals surface area (Å²) < 4.78 is 16.6. The largest absolute Gasteiger partial charge is 0.493 e. The van der Waals surface area contributed by atoms with Crippen molar-refractivity contribution in [3.63, 3.8) is 0 Å². The zero-order valence-electron chi connectivity index (χ0n) is 11.8. The van der Waals surface area contributed by atoms with Gasteiger partial charge in [-0.1, -0.05) is 6.07 Å². The minimum Gasteiger partial charge on any atom is -0.493 e. The molecule has 106 valence electrons. The van der Waals surface area contributed by atoms with Gasteiger partial charge in [0, 0.05) is 19.7 Å². The second kappa shape index (κ2) is 7.36. The van der Waals surface area contributed by atoms with Crippen LogP contribution in [-0.2, 0) is 4.74 Å². The summed E-state index contributed by atoms with van der Waals surface area (Å²) >= 11 is 0. The van der Waals surface area contributed by atoms with Crippen LogP contribution in [0.5, 0.6) is 11.5 Å². The fourth-order valence-electron chi connectivity index (χ4n) is 2.20. The van der Waals surface area contributed by atoms with E-state index in [2.05, 4.69) is 5.32 Å². The average Bonchev–Trinajstić information content (AvgIpc) is 2.93. The second-order valence-corrected chi connectivity index (χ2v) is 4.84. The average molecular weight is 265 g/mol. The van der Waals surface area contributed by atoms with Gasteiger partial charge in [-0.25, -0.2) is 0 Å². The van der Waals surface area contributed by atoms with Crippen LogP contribution in [0, 0.1) is 6.92 Å². The Kier molecular flexibility index (Phi) is 5.48. The van der Waals surface area contributed by atoms with Crippen LogP contribution in [0.1, 0.15) is 18.4 Å². The van der Waals surface area contributed by atoms with E-state index in [0.717, 1.165) is 31.2 Å². The minimum absolute atomic E-state index is 0.383. The Labute approximate surface area is 115 Å². The van der Waals surface area contributed by atoms with E-state index in [1.807, 2.05) is 25.1 Å². The van der Waals surface area contributed by atoms with Gasteiger partial charge in [-0.3, -0.25) is 0 Å². The van der Waals surface area contributed by atoms with Crippen molar-refractivity contribution in [3.8, 4) is 11.5 Å². The summed E-state index contributed by atoms with van der Waals surface area (Å²) in [5.41, 5.74) is 1.17. The van der Waals surface area contributed by atoms with E-state index in [1.165, 1.54) is 18.4 Å². The van der Waals surface area contributed by atoms with E-state index < -0.39 is 0 Å². The quantitative estimate of drug-likeness (QED) is 0.767. The van der Waals surface area contributed by atoms with E-state index in [0.29, 0.717) is 12.7 Å². The van der Waals surface area contributed by atoms with Gasteiger partial charge in [0.1, 0.15) is 6.61 Å². The maximum absolute atomic E-state index is 5.72. The highest BCUT2D eigenvalue weighted by Crippen LogP contribution is 2.27. The predicted molar refractivity (Wildman–Crippen MR) is 75.1 cm³/mol. The number of hydrogen-bond donors (Lipinski definition) is 1. The van der Waals surface area contributed by atoms with Gasteiger partial charge >= 0.3 is 0 Å². The molecule has 19 heavy (non-hydrogen) atoms. The van der Waals surface area contributed by atoms with Crippen LogP contribution in [0.4, 0.5) is 0 Å². The number of methoxy groups -OCH3 is 1. The van der Waals surface area contributed by atoms with Crippen LogP contribution in [0.15, 0.2) is 18.2 Å². The van der Waals surface area contributed by atoms with Crippen LogP contribution >= 0.6 is 0 Å². The Morgan fingerprint density at radius 1 is 1.37 bits per heavy atom. The molecule has 0 bridgehead atoms. The normalized spacial score (nSPS) is 18.5. The molecule has 0 spiro atoms. The first-order valence-corrected chi connectivity index (χ1v) is 6.89. The topological polar surface area (TPSA) is 39.7 Å². The van der Waals surface area contributed by atoms with Crippen LogP contribution < -0.4 is 14.8 Å². The molecule has 1 aromatic rings. The van der Waals surface area contributed by atoms with E-state index in [9.17, 15) is 0 Å². The van der Waals surface area contributed by atoms with Crippen molar-refractivity contribution < 1.29 is 14.2 Å². The van der Waals surface area contributed by atoms with Gasteiger partial charge in [-0.05, 0) is 37.5 Å². The standard InChI is InChI=1S/C15H23NO3/c1-12-5-6-14(15(10-12)17-2)19-9-7-16-11-13-4-3-8-18-13/h5-6,10,13,16H,3-4,7-9,11H2,1-2H3. The Hall–Kier alpha value is -1.26. The fourth-order valence-corrected chi connectivity index (χ4v) is 2.20. The van der Waals surface area contributed by atoms with Crippen LogP contribution in [0.2, 0.25) is 0 Å². The zero-order chi connectivity index (χ0) is 13.5. The van der Waals surface area contributed by atoms with Gasteiger partial charge < -0.3 is 19.5 Å². The molecule has 1 saturated heterocycles. The van der Waals surface area contributed by atoms with E-state index in [-0.39, 0.29) is 0 Å². The van der Waals surface area contributed by atoms with Gasteiger partial charge in [0.25, 0.3) is 0 Å². The molecule has 4 heteroatoms. The van der Waals surface area contributed by atoms with Crippen molar-refractivity contribution >= 4 is 0 Å². The van der Waals surface area contributed by atoms with Crippen molar-refractivity contribution in [2.75, 3.05) is 33.4 Å². The van der Waals surface area contributed by atoms with Gasteiger partial charge in [-0.2, -0.15) is 0 Å². The third-order valence-electron chi connectivity index (χ3n) is 3.25. The van der Waals surface area contributed by atoms with Crippen molar-refractivity contribution in [2.24, 2.45) is 0 Å². The third-order valence-corrected chi connectivity index (χ3v) is 3.25. The first kappa shape index (κ1) is 14.2. The maximum atomic E-state index is 5.72. The molecule has 1 aliphatic rings. The lowest BCUT2D eigenvalue weighted by Gasteiger charge is -2.13. The third kappa shape index (κ3) is 4.40. The van der Waals surface area contributed by atoms with Gasteiger partial charge in [-0.15, -0.1) is 0 Å². The SMILES string of the molecule is COc1cc(C)ccc1OCCNCC1CCCO1. The number of rotatable bonds is 7. The summed E-state index contributed by atoms with van der Waals surface area (Å²) in [7, 11) is 1.66. The van der Waals surface area contributed by atoms with Crippen LogP contribution in [-0.4, -0.2) is 39.5 Å². The molecular formula is C15H23NO3. The Bertz CT molecular complexity index is 389. The summed E-state index contributed by atoms with van der Waals surface area (Å²) in [5.74, 6) is 1.59. The lowest BCUT2D eigenvalue weighted by atomic mass is 10.2. The highest BCUT2D eigenvalue weighted by Gasteiger charge is 2.14. The summed E-state index contributed by atoms with van der Waals surface area (Å²) in [6, 6.07) is 5.96. The highest BCUT2D eigenvalue weighted by atomic mass is 16.5. The molecule has 0 amide bonds. The molecule has 4 nitrogen and oxygen atoms in total. The number of aryl methyl sites for hydroxylation is 1. The molecule has 1 heterocycles. The first-order chi connectivity index (χ1) is 9.29. The molecule has 1 aliphatic heterocycles. The highest BCUT2D eigenvalue weighted by molar-refractivity contribution is 5.42. The molecular weight excluding hydrogens is 242 g/mol. The molecule has 1 N–H and O–H groups in total. The lowest BCUT2D eigenvalue weighted by molar-refractivity contribution is 0.109. The van der Waals surface area contributed by atoms with Crippen molar-refractivity contribution in [1.82, 2.24) is 5.32 Å². The molecule has 1 aromatic carbocycles. The van der Waals surface area contributed by atoms with Crippen LogP contribution in [0.25, 0.3) is 0 Å². The van der Waals surface area contributed by atoms with Crippen molar-refractivity contribution in [2.45, 2.75) is 25.9 Å². The number of benzene rings is 1. The zero-order valence-corrected chi connectivity index (χ0v) is 11.8. The monoisotopic (exact) mass is 265 g/mol. The Morgan fingerprint density at radius 3 is 3.00 bits per heavy atom. The van der Waals surface area contributed by atoms with E-state index >= 15 is 0 Å². The molecule has 1 atom stereocenters. The maximum Gasteiger partial charge on any atom is 0.161 e. The first-order valence-electron chi connectivity index (χ1n) is 6.89. The van der Waals surface area contributed by atoms with E-state index in [4.69, 9.17) is 14.2 Å². The summed E-state index contributed by atoms with van der Waals surface area (Å²) in [4.78, 5) is 0. The van der Waals surface area contributed by atoms with Gasteiger partial charge in [0.2, 0.25) is 0 Å². The molecule has 0 saturated carbocycles. The fraction of sp³-hybridized carbons (Fsp3) is 0.600. The number of hydrogen-bond acceptors (Lipinski definition) is 4. The molecule has 1 unspecified atom stereocenters. The van der Waals surface area contributed by atoms with Crippen molar-refractivity contribution in [3.05, 3.63) is 23.8 Å². The van der Waals surface area contributed by atoms with E-state index in [1.54, 1.807) is 7.11 Å². The molecule has 0 radical (unpaired) electrons. The smallest absolute Gasteiger partial charge is 0.161 e. The Balaban J connectivity index is 1.67. The molecule has 0 aliphatic carbocycles. The Morgan fingerprint density at radius 2 is 2.26 bits per heavy atom. The molecule has 0 aromatic heterocycles. The summed E-state index contributed by atoms with van der Waals surface area (Å²) in [6.07, 6.45) is 2.73. The summed E-state index contributed by atoms with van der Waals surface area (Å²) in [5, 5.41) is 3.36. The summed E-state index contributed by atoms with van der Waals surface area (Å²) in [6.45, 7) is 5.30. The minimum atomic E-state index is 0.383. The second-order valence-electron chi connectivity index (χ2n) is 4.84. The number of nitrogens with one attached hydrogen (secondary N) is 1. The molecule has 1 fully saturated rings. The van der Waals surface area contributed by atoms with Gasteiger partial charge in [0.05, 0.1) is 13.2 Å².